The molecule has 3 aromatic rings. The number of non-ortho nitro benzene ring substituents is 1. The molecule has 1 atom stereocenters. The molecule has 2 aliphatic rings. The lowest BCUT2D eigenvalue weighted by Gasteiger charge is -2.37. The first-order valence-electron chi connectivity index (χ1n) is 10.1. The van der Waals surface area contributed by atoms with Crippen LogP contribution in [0.25, 0.3) is 0 Å². The number of oxime groups is 1. The molecule has 11 heteroatoms. The van der Waals surface area contributed by atoms with E-state index in [0.29, 0.717) is 34.2 Å². The number of amides is 1. The zero-order valence-electron chi connectivity index (χ0n) is 18.0. The Morgan fingerprint density at radius 1 is 1.03 bits per heavy atom. The Morgan fingerprint density at radius 3 is 2.33 bits per heavy atom. The summed E-state index contributed by atoms with van der Waals surface area (Å²) in [4.78, 5) is 32.5. The molecule has 1 fully saturated rings. The van der Waals surface area contributed by atoms with E-state index in [2.05, 4.69) is 10.3 Å². The number of benzene rings is 2. The van der Waals surface area contributed by atoms with Gasteiger partial charge in [0, 0.05) is 17.7 Å². The first-order chi connectivity index (χ1) is 15.8. The van der Waals surface area contributed by atoms with Crippen LogP contribution in [-0.4, -0.2) is 34.5 Å². The van der Waals surface area contributed by atoms with E-state index < -0.39 is 11.0 Å². The van der Waals surface area contributed by atoms with Crippen LogP contribution in [0.4, 0.5) is 17.1 Å². The molecule has 1 amide bonds. The van der Waals surface area contributed by atoms with Gasteiger partial charge >= 0.3 is 6.03 Å². The van der Waals surface area contributed by atoms with Gasteiger partial charge in [-0.05, 0) is 45.0 Å². The highest BCUT2D eigenvalue weighted by Crippen LogP contribution is 2.44. The Bertz CT molecular complexity index is 1260. The smallest absolute Gasteiger partial charge is 0.359 e. The molecule has 0 saturated carbocycles. The largest absolute Gasteiger partial charge is 0.422 e. The fourth-order valence-electron chi connectivity index (χ4n) is 3.95. The van der Waals surface area contributed by atoms with Gasteiger partial charge in [-0.1, -0.05) is 28.0 Å². The van der Waals surface area contributed by atoms with Crippen molar-refractivity contribution >= 4 is 28.8 Å². The van der Waals surface area contributed by atoms with Crippen LogP contribution >= 0.6 is 0 Å². The summed E-state index contributed by atoms with van der Waals surface area (Å²) in [5, 5.41) is 19.3. The number of nitro benzene ring substituents is 1. The number of carbonyl (C=O) groups excluding carboxylic acids is 1. The fraction of sp³-hybridized carbons (Fsp3) is 0.227. The van der Waals surface area contributed by atoms with Gasteiger partial charge in [0.2, 0.25) is 0 Å². The van der Waals surface area contributed by atoms with Crippen molar-refractivity contribution in [3.8, 4) is 0 Å². The average molecular weight is 449 g/mol. The molecule has 0 aliphatic carbocycles. The standard InChI is InChI=1S/C22H19N5O6/c1-13-4-8-17(9-5-13)25-21(16-6-10-18(11-7-16)27(29)30)24-33-22(25)26(19(28)12-31-22)20-14(2)23-32-15(20)3/h4-11H,12H2,1-3H3. The minimum absolute atomic E-state index is 0.0560. The van der Waals surface area contributed by atoms with Crippen LogP contribution in [0.5, 0.6) is 0 Å². The summed E-state index contributed by atoms with van der Waals surface area (Å²) in [7, 11) is 0. The predicted molar refractivity (Wildman–Crippen MR) is 117 cm³/mol. The van der Waals surface area contributed by atoms with Crippen molar-refractivity contribution in [2.75, 3.05) is 16.4 Å². The van der Waals surface area contributed by atoms with E-state index >= 15 is 0 Å². The highest BCUT2D eigenvalue weighted by Gasteiger charge is 2.62. The van der Waals surface area contributed by atoms with Gasteiger partial charge in [-0.3, -0.25) is 19.6 Å². The lowest BCUT2D eigenvalue weighted by atomic mass is 10.1. The molecule has 1 aromatic heterocycles. The number of hydrogen-bond donors (Lipinski definition) is 0. The molecule has 11 nitrogen and oxygen atoms in total. The molecule has 5 rings (SSSR count). The molecule has 1 spiro atoms. The zero-order valence-corrected chi connectivity index (χ0v) is 18.0. The van der Waals surface area contributed by atoms with Crippen molar-refractivity contribution in [3.63, 3.8) is 0 Å². The minimum atomic E-state index is -1.76. The van der Waals surface area contributed by atoms with Gasteiger partial charge in [0.15, 0.2) is 11.6 Å². The van der Waals surface area contributed by atoms with Gasteiger partial charge in [-0.2, -0.15) is 0 Å². The molecule has 0 bridgehead atoms. The monoisotopic (exact) mass is 449 g/mol. The van der Waals surface area contributed by atoms with E-state index in [9.17, 15) is 14.9 Å². The number of ether oxygens (including phenoxy) is 1. The van der Waals surface area contributed by atoms with Gasteiger partial charge in [-0.25, -0.2) is 9.80 Å². The second-order valence-electron chi connectivity index (χ2n) is 7.72. The van der Waals surface area contributed by atoms with Gasteiger partial charge in [0.1, 0.15) is 18.0 Å². The lowest BCUT2D eigenvalue weighted by Crippen LogP contribution is -2.60. The number of aromatic nitrogens is 1. The first kappa shape index (κ1) is 20.6. The van der Waals surface area contributed by atoms with Crippen LogP contribution < -0.4 is 9.80 Å². The zero-order chi connectivity index (χ0) is 23.3. The van der Waals surface area contributed by atoms with Crippen LogP contribution in [0, 0.1) is 30.9 Å². The number of amidine groups is 1. The maximum atomic E-state index is 13.0. The van der Waals surface area contributed by atoms with E-state index in [4.69, 9.17) is 14.1 Å². The van der Waals surface area contributed by atoms with Gasteiger partial charge in [0.05, 0.1) is 10.6 Å². The van der Waals surface area contributed by atoms with Crippen molar-refractivity contribution in [1.29, 1.82) is 0 Å². The molecule has 1 saturated heterocycles. The van der Waals surface area contributed by atoms with Gasteiger partial charge in [0.25, 0.3) is 11.6 Å². The number of anilines is 2. The Kier molecular flexibility index (Phi) is 4.64. The number of nitrogens with zero attached hydrogens (tertiary/aromatic N) is 5. The van der Waals surface area contributed by atoms with E-state index in [1.54, 1.807) is 30.9 Å². The van der Waals surface area contributed by atoms with E-state index in [1.165, 1.54) is 17.0 Å². The molecule has 168 valence electrons. The summed E-state index contributed by atoms with van der Waals surface area (Å²) in [6.07, 6.45) is 0. The number of carbonyl (C=O) groups is 1. The third-order valence-electron chi connectivity index (χ3n) is 5.51. The molecule has 33 heavy (non-hydrogen) atoms. The maximum Gasteiger partial charge on any atom is 0.422 e. The van der Waals surface area contributed by atoms with Crippen LogP contribution in [-0.2, 0) is 14.4 Å². The van der Waals surface area contributed by atoms with Gasteiger partial charge < -0.3 is 9.36 Å². The van der Waals surface area contributed by atoms with Crippen LogP contribution in [0.2, 0.25) is 0 Å². The van der Waals surface area contributed by atoms with E-state index in [-0.39, 0.29) is 18.2 Å². The average Bonchev–Trinajstić information content (AvgIpc) is 3.45. The number of hydrogen-bond acceptors (Lipinski definition) is 9. The molecule has 2 aliphatic heterocycles. The number of nitro groups is 1. The van der Waals surface area contributed by atoms with Crippen molar-refractivity contribution in [1.82, 2.24) is 5.16 Å². The summed E-state index contributed by atoms with van der Waals surface area (Å²) >= 11 is 0. The van der Waals surface area contributed by atoms with Gasteiger partial charge in [-0.15, -0.1) is 0 Å². The van der Waals surface area contributed by atoms with Crippen LogP contribution in [0.3, 0.4) is 0 Å². The topological polar surface area (TPSA) is 124 Å². The predicted octanol–water partition coefficient (Wildman–Crippen LogP) is 3.38. The Labute approximate surface area is 187 Å². The lowest BCUT2D eigenvalue weighted by molar-refractivity contribution is -0.384. The molecule has 1 unspecified atom stereocenters. The third-order valence-corrected chi connectivity index (χ3v) is 5.51. The SMILES string of the molecule is Cc1ccc(N2C(c3ccc([N+](=O)[O-])cc3)=NOC23OCC(=O)N3c2c(C)noc2C)cc1. The van der Waals surface area contributed by atoms with Crippen molar-refractivity contribution in [3.05, 3.63) is 81.2 Å². The second kappa shape index (κ2) is 7.41. The highest BCUT2D eigenvalue weighted by atomic mass is 16.8. The van der Waals surface area contributed by atoms with Crippen LogP contribution in [0.1, 0.15) is 22.6 Å². The molecule has 2 aromatic carbocycles. The molecular weight excluding hydrogens is 430 g/mol. The number of rotatable bonds is 4. The second-order valence-corrected chi connectivity index (χ2v) is 7.72. The summed E-state index contributed by atoms with van der Waals surface area (Å²) < 4.78 is 11.2. The number of aryl methyl sites for hydroxylation is 3. The quantitative estimate of drug-likeness (QED) is 0.439. The summed E-state index contributed by atoms with van der Waals surface area (Å²) in [5.41, 5.74) is 3.07. The van der Waals surface area contributed by atoms with E-state index in [0.717, 1.165) is 5.56 Å². The summed E-state index contributed by atoms with van der Waals surface area (Å²) in [6.45, 7) is 5.11. The highest BCUT2D eigenvalue weighted by molar-refractivity contribution is 6.13. The Hall–Kier alpha value is -4.25. The molecule has 0 radical (unpaired) electrons. The first-order valence-corrected chi connectivity index (χ1v) is 10.1. The molecular formula is C22H19N5O6. The summed E-state index contributed by atoms with van der Waals surface area (Å²) in [5.74, 6) is 0.379. The third kappa shape index (κ3) is 3.12. The molecule has 3 heterocycles. The van der Waals surface area contributed by atoms with E-state index in [1.807, 2.05) is 31.2 Å². The van der Waals surface area contributed by atoms with Crippen molar-refractivity contribution in [2.45, 2.75) is 26.8 Å². The Balaban J connectivity index is 1.67. The fourth-order valence-corrected chi connectivity index (χ4v) is 3.95. The van der Waals surface area contributed by atoms with Crippen molar-refractivity contribution in [2.24, 2.45) is 5.16 Å². The van der Waals surface area contributed by atoms with Crippen molar-refractivity contribution < 1.29 is 23.8 Å². The minimum Gasteiger partial charge on any atom is -0.359 e. The normalized spacial score (nSPS) is 19.8. The summed E-state index contributed by atoms with van der Waals surface area (Å²) in [6, 6.07) is 11.7. The Morgan fingerprint density at radius 2 is 1.73 bits per heavy atom. The maximum absolute atomic E-state index is 13.0. The molecule has 0 N–H and O–H groups in total. The van der Waals surface area contributed by atoms with Crippen LogP contribution in [0.15, 0.2) is 58.2 Å².